The van der Waals surface area contributed by atoms with E-state index in [0.29, 0.717) is 12.1 Å². The van der Waals surface area contributed by atoms with E-state index < -0.39 is 0 Å². The van der Waals surface area contributed by atoms with E-state index in [-0.39, 0.29) is 18.5 Å². The molecule has 3 aromatic rings. The van der Waals surface area contributed by atoms with Crippen molar-refractivity contribution in [1.29, 1.82) is 0 Å². The SMILES string of the molecule is CCn1c(CNC(CCCO)c2ccccc2)nc2c(F)cccc21. The van der Waals surface area contributed by atoms with E-state index in [1.54, 1.807) is 6.07 Å². The zero-order valence-electron chi connectivity index (χ0n) is 14.5. The second-order valence-corrected chi connectivity index (χ2v) is 6.09. The van der Waals surface area contributed by atoms with E-state index in [1.165, 1.54) is 11.6 Å². The van der Waals surface area contributed by atoms with Gasteiger partial charge in [-0.15, -0.1) is 0 Å². The predicted octanol–water partition coefficient (Wildman–Crippen LogP) is 3.80. The van der Waals surface area contributed by atoms with Gasteiger partial charge in [-0.05, 0) is 37.5 Å². The van der Waals surface area contributed by atoms with Gasteiger partial charge in [0.05, 0.1) is 12.1 Å². The third-order valence-electron chi connectivity index (χ3n) is 4.48. The molecule has 1 aromatic heterocycles. The van der Waals surface area contributed by atoms with Gasteiger partial charge < -0.3 is 15.0 Å². The summed E-state index contributed by atoms with van der Waals surface area (Å²) >= 11 is 0. The number of hydrogen-bond donors (Lipinski definition) is 2. The summed E-state index contributed by atoms with van der Waals surface area (Å²) in [6.07, 6.45) is 1.56. The maximum Gasteiger partial charge on any atom is 0.151 e. The van der Waals surface area contributed by atoms with Crippen molar-refractivity contribution < 1.29 is 9.50 Å². The van der Waals surface area contributed by atoms with E-state index in [1.807, 2.05) is 35.8 Å². The molecule has 0 saturated heterocycles. The van der Waals surface area contributed by atoms with Gasteiger partial charge in [0.2, 0.25) is 0 Å². The molecule has 132 valence electrons. The largest absolute Gasteiger partial charge is 0.396 e. The van der Waals surface area contributed by atoms with Crippen LogP contribution in [0, 0.1) is 5.82 Å². The van der Waals surface area contributed by atoms with Crippen LogP contribution in [0.15, 0.2) is 48.5 Å². The normalized spacial score (nSPS) is 12.6. The van der Waals surface area contributed by atoms with Crippen LogP contribution in [0.1, 0.15) is 37.2 Å². The fourth-order valence-corrected chi connectivity index (χ4v) is 3.23. The summed E-state index contributed by atoms with van der Waals surface area (Å²) in [4.78, 5) is 4.51. The number of aliphatic hydroxyl groups is 1. The van der Waals surface area contributed by atoms with Crippen LogP contribution in [-0.2, 0) is 13.1 Å². The first-order valence-corrected chi connectivity index (χ1v) is 8.77. The van der Waals surface area contributed by atoms with Crippen molar-refractivity contribution in [3.8, 4) is 0 Å². The Morgan fingerprint density at radius 3 is 2.68 bits per heavy atom. The van der Waals surface area contributed by atoms with E-state index in [2.05, 4.69) is 22.4 Å². The third kappa shape index (κ3) is 3.89. The summed E-state index contributed by atoms with van der Waals surface area (Å²) in [5, 5.41) is 12.7. The van der Waals surface area contributed by atoms with Crippen LogP contribution in [0.3, 0.4) is 0 Å². The summed E-state index contributed by atoms with van der Waals surface area (Å²) in [7, 11) is 0. The highest BCUT2D eigenvalue weighted by Crippen LogP contribution is 2.22. The summed E-state index contributed by atoms with van der Waals surface area (Å²) in [5.74, 6) is 0.540. The van der Waals surface area contributed by atoms with Crippen LogP contribution < -0.4 is 5.32 Å². The highest BCUT2D eigenvalue weighted by molar-refractivity contribution is 5.76. The number of halogens is 1. The van der Waals surface area contributed by atoms with Crippen LogP contribution >= 0.6 is 0 Å². The first kappa shape index (κ1) is 17.6. The number of imidazole rings is 1. The van der Waals surface area contributed by atoms with Crippen LogP contribution in [-0.4, -0.2) is 21.3 Å². The smallest absolute Gasteiger partial charge is 0.151 e. The lowest BCUT2D eigenvalue weighted by Gasteiger charge is -2.19. The van der Waals surface area contributed by atoms with E-state index in [0.717, 1.165) is 30.7 Å². The van der Waals surface area contributed by atoms with Crippen LogP contribution in [0.25, 0.3) is 11.0 Å². The number of rotatable bonds is 8. The molecule has 1 atom stereocenters. The van der Waals surface area contributed by atoms with Crippen molar-refractivity contribution in [3.05, 3.63) is 65.7 Å². The molecule has 0 fully saturated rings. The second-order valence-electron chi connectivity index (χ2n) is 6.09. The Morgan fingerprint density at radius 2 is 1.96 bits per heavy atom. The summed E-state index contributed by atoms with van der Waals surface area (Å²) in [6, 6.07) is 15.4. The van der Waals surface area contributed by atoms with E-state index in [9.17, 15) is 4.39 Å². The van der Waals surface area contributed by atoms with Gasteiger partial charge >= 0.3 is 0 Å². The number of aliphatic hydroxyl groups excluding tert-OH is 1. The van der Waals surface area contributed by atoms with Gasteiger partial charge in [-0.1, -0.05) is 36.4 Å². The fourth-order valence-electron chi connectivity index (χ4n) is 3.23. The Morgan fingerprint density at radius 1 is 1.16 bits per heavy atom. The standard InChI is InChI=1S/C20H24FN3O/c1-2-24-18-12-6-10-16(21)20(18)23-19(24)14-22-17(11-7-13-25)15-8-4-3-5-9-15/h3-6,8-10,12,17,22,25H,2,7,11,13-14H2,1H3. The maximum absolute atomic E-state index is 14.0. The monoisotopic (exact) mass is 341 g/mol. The molecule has 2 aromatic carbocycles. The van der Waals surface area contributed by atoms with Crippen LogP contribution in [0.5, 0.6) is 0 Å². The number of nitrogens with zero attached hydrogens (tertiary/aromatic N) is 2. The van der Waals surface area contributed by atoms with Crippen molar-refractivity contribution >= 4 is 11.0 Å². The van der Waals surface area contributed by atoms with E-state index in [4.69, 9.17) is 5.11 Å². The van der Waals surface area contributed by atoms with Crippen molar-refractivity contribution in [2.24, 2.45) is 0 Å². The Hall–Kier alpha value is -2.24. The molecule has 0 spiro atoms. The number of fused-ring (bicyclic) bond motifs is 1. The maximum atomic E-state index is 14.0. The minimum atomic E-state index is -0.286. The summed E-state index contributed by atoms with van der Waals surface area (Å²) in [5.41, 5.74) is 2.43. The first-order valence-electron chi connectivity index (χ1n) is 8.77. The quantitative estimate of drug-likeness (QED) is 0.655. The number of para-hydroxylation sites is 1. The molecule has 3 rings (SSSR count). The number of aromatic nitrogens is 2. The highest BCUT2D eigenvalue weighted by Gasteiger charge is 2.15. The molecule has 0 aliphatic rings. The molecule has 5 heteroatoms. The Labute approximate surface area is 147 Å². The zero-order valence-corrected chi connectivity index (χ0v) is 14.5. The fraction of sp³-hybridized carbons (Fsp3) is 0.350. The Bertz CT molecular complexity index is 816. The minimum absolute atomic E-state index is 0.128. The lowest BCUT2D eigenvalue weighted by atomic mass is 10.0. The molecule has 1 heterocycles. The van der Waals surface area contributed by atoms with Gasteiger partial charge in [0.1, 0.15) is 11.3 Å². The van der Waals surface area contributed by atoms with Crippen molar-refractivity contribution in [1.82, 2.24) is 14.9 Å². The van der Waals surface area contributed by atoms with Gasteiger partial charge in [-0.25, -0.2) is 9.37 Å². The van der Waals surface area contributed by atoms with Gasteiger partial charge in [0.15, 0.2) is 5.82 Å². The molecule has 2 N–H and O–H groups in total. The average molecular weight is 341 g/mol. The zero-order chi connectivity index (χ0) is 17.6. The van der Waals surface area contributed by atoms with Gasteiger partial charge in [0, 0.05) is 19.2 Å². The van der Waals surface area contributed by atoms with Gasteiger partial charge in [0.25, 0.3) is 0 Å². The molecule has 0 radical (unpaired) electrons. The van der Waals surface area contributed by atoms with Crippen molar-refractivity contribution in [2.75, 3.05) is 6.61 Å². The van der Waals surface area contributed by atoms with Gasteiger partial charge in [-0.2, -0.15) is 0 Å². The third-order valence-corrected chi connectivity index (χ3v) is 4.48. The van der Waals surface area contributed by atoms with Gasteiger partial charge in [-0.3, -0.25) is 0 Å². The lowest BCUT2D eigenvalue weighted by Crippen LogP contribution is -2.23. The highest BCUT2D eigenvalue weighted by atomic mass is 19.1. The number of benzene rings is 2. The molecule has 1 unspecified atom stereocenters. The molecule has 0 amide bonds. The number of hydrogen-bond acceptors (Lipinski definition) is 3. The first-order chi connectivity index (χ1) is 12.2. The minimum Gasteiger partial charge on any atom is -0.396 e. The predicted molar refractivity (Wildman–Crippen MR) is 97.7 cm³/mol. The molecule has 0 aliphatic carbocycles. The summed E-state index contributed by atoms with van der Waals surface area (Å²) in [6.45, 7) is 3.50. The van der Waals surface area contributed by atoms with Crippen LogP contribution in [0.4, 0.5) is 4.39 Å². The summed E-state index contributed by atoms with van der Waals surface area (Å²) < 4.78 is 16.1. The molecule has 0 bridgehead atoms. The number of nitrogens with one attached hydrogen (secondary N) is 1. The van der Waals surface area contributed by atoms with E-state index >= 15 is 0 Å². The topological polar surface area (TPSA) is 50.1 Å². The van der Waals surface area contributed by atoms with Crippen molar-refractivity contribution in [2.45, 2.75) is 38.9 Å². The Balaban J connectivity index is 1.83. The lowest BCUT2D eigenvalue weighted by molar-refractivity contribution is 0.274. The Kier molecular flexibility index (Phi) is 5.79. The second kappa shape index (κ2) is 8.23. The molecule has 0 saturated carbocycles. The average Bonchev–Trinajstić information content (AvgIpc) is 3.01. The number of aryl methyl sites for hydroxylation is 1. The molecule has 25 heavy (non-hydrogen) atoms. The van der Waals surface area contributed by atoms with Crippen LogP contribution in [0.2, 0.25) is 0 Å². The molecular weight excluding hydrogens is 317 g/mol. The van der Waals surface area contributed by atoms with Crippen molar-refractivity contribution in [3.63, 3.8) is 0 Å². The molecular formula is C20H24FN3O. The molecule has 4 nitrogen and oxygen atoms in total. The molecule has 0 aliphatic heterocycles.